The number of hydrogen-bond donors (Lipinski definition) is 2. The predicted molar refractivity (Wildman–Crippen MR) is 138 cm³/mol. The number of fused-ring (bicyclic) bond motifs is 1. The van der Waals surface area contributed by atoms with Crippen molar-refractivity contribution in [2.45, 2.75) is 31.7 Å². The van der Waals surface area contributed by atoms with E-state index < -0.39 is 24.0 Å². The van der Waals surface area contributed by atoms with Crippen LogP contribution in [0.2, 0.25) is 5.15 Å². The van der Waals surface area contributed by atoms with Gasteiger partial charge in [-0.3, -0.25) is 14.3 Å². The van der Waals surface area contributed by atoms with Gasteiger partial charge in [0.25, 0.3) is 0 Å². The zero-order chi connectivity index (χ0) is 26.8. The van der Waals surface area contributed by atoms with Gasteiger partial charge in [-0.05, 0) is 29.8 Å². The van der Waals surface area contributed by atoms with Crippen LogP contribution in [-0.4, -0.2) is 67.3 Å². The summed E-state index contributed by atoms with van der Waals surface area (Å²) < 4.78 is 20.9. The van der Waals surface area contributed by atoms with Crippen molar-refractivity contribution in [1.82, 2.24) is 29.6 Å². The van der Waals surface area contributed by atoms with E-state index in [1.807, 2.05) is 18.2 Å². The van der Waals surface area contributed by atoms with Crippen LogP contribution in [0.4, 0.5) is 10.2 Å². The monoisotopic (exact) mass is 538 g/mol. The highest BCUT2D eigenvalue weighted by atomic mass is 35.5. The number of nitrogens with two attached hydrogens (primary N) is 1. The van der Waals surface area contributed by atoms with Gasteiger partial charge in [0.15, 0.2) is 0 Å². The number of pyridine rings is 1. The van der Waals surface area contributed by atoms with E-state index in [4.69, 9.17) is 22.1 Å². The summed E-state index contributed by atoms with van der Waals surface area (Å²) >= 11 is 5.88. The molecule has 2 atom stereocenters. The second kappa shape index (κ2) is 10.7. The zero-order valence-electron chi connectivity index (χ0n) is 20.3. The number of halogens is 2. The van der Waals surface area contributed by atoms with Crippen LogP contribution in [0.5, 0.6) is 6.01 Å². The summed E-state index contributed by atoms with van der Waals surface area (Å²) in [6.45, 7) is -0.230. The highest BCUT2D eigenvalue weighted by molar-refractivity contribution is 6.29. The number of amides is 2. The van der Waals surface area contributed by atoms with Crippen LogP contribution in [0.15, 0.2) is 48.8 Å². The number of nitrogens with zero attached hydrogens (tertiary/aromatic N) is 6. The van der Waals surface area contributed by atoms with E-state index in [2.05, 4.69) is 25.4 Å². The number of hydrogen-bond acceptors (Lipinski definition) is 8. The van der Waals surface area contributed by atoms with Gasteiger partial charge in [0.1, 0.15) is 29.7 Å². The molecule has 0 spiro atoms. The lowest BCUT2D eigenvalue weighted by atomic mass is 10.1. The topological polar surface area (TPSA) is 141 Å². The van der Waals surface area contributed by atoms with Gasteiger partial charge in [0.05, 0.1) is 24.9 Å². The van der Waals surface area contributed by atoms with E-state index in [1.54, 1.807) is 30.6 Å². The first-order valence-electron chi connectivity index (χ1n) is 11.8. The average Bonchev–Trinajstić information content (AvgIpc) is 3.48. The number of carbonyl (C=O) groups excluding carboxylic acids is 2. The number of likely N-dealkylation sites (tertiary alicyclic amines) is 1. The summed E-state index contributed by atoms with van der Waals surface area (Å²) in [6, 6.07) is 9.62. The molecule has 4 heterocycles. The van der Waals surface area contributed by atoms with Crippen molar-refractivity contribution >= 4 is 40.1 Å². The van der Waals surface area contributed by atoms with Crippen LogP contribution < -0.4 is 15.8 Å². The Bertz CT molecular complexity index is 1500. The Labute approximate surface area is 221 Å². The van der Waals surface area contributed by atoms with E-state index in [0.29, 0.717) is 11.2 Å². The number of rotatable bonds is 7. The number of alkyl halides is 1. The van der Waals surface area contributed by atoms with Crippen LogP contribution in [0.25, 0.3) is 22.0 Å². The van der Waals surface area contributed by atoms with Crippen molar-refractivity contribution in [1.29, 1.82) is 0 Å². The first-order chi connectivity index (χ1) is 18.4. The molecule has 3 aromatic heterocycles. The maximum Gasteiger partial charge on any atom is 0.316 e. The number of ether oxygens (including phenoxy) is 1. The first kappa shape index (κ1) is 25.5. The molecule has 196 valence electrons. The van der Waals surface area contributed by atoms with Crippen LogP contribution >= 0.6 is 11.6 Å². The number of anilines is 1. The lowest BCUT2D eigenvalue weighted by Gasteiger charge is -2.23. The van der Waals surface area contributed by atoms with Gasteiger partial charge in [0, 0.05) is 36.3 Å². The fraction of sp³-hybridized carbons (Fsp3) is 0.280. The molecule has 4 aromatic rings. The fourth-order valence-corrected chi connectivity index (χ4v) is 4.65. The molecule has 1 saturated heterocycles. The van der Waals surface area contributed by atoms with Crippen LogP contribution in [0, 0.1) is 0 Å². The second-order valence-electron chi connectivity index (χ2n) is 8.73. The highest BCUT2D eigenvalue weighted by Crippen LogP contribution is 2.28. The Balaban J connectivity index is 1.37. The summed E-state index contributed by atoms with van der Waals surface area (Å²) in [5.74, 6) is -0.751. The Morgan fingerprint density at radius 2 is 2.00 bits per heavy atom. The molecule has 0 bridgehead atoms. The summed E-state index contributed by atoms with van der Waals surface area (Å²) in [4.78, 5) is 39.7. The molecule has 5 rings (SSSR count). The van der Waals surface area contributed by atoms with E-state index in [9.17, 15) is 14.0 Å². The third-order valence-electron chi connectivity index (χ3n) is 6.29. The summed E-state index contributed by atoms with van der Waals surface area (Å²) in [5.41, 5.74) is 8.82. The maximum atomic E-state index is 14.4. The molecular formula is C25H24ClFN8O3. The van der Waals surface area contributed by atoms with Crippen molar-refractivity contribution in [3.05, 3.63) is 59.6 Å². The summed E-state index contributed by atoms with van der Waals surface area (Å²) in [6.07, 6.45) is 1.85. The fourth-order valence-electron chi connectivity index (χ4n) is 4.48. The maximum absolute atomic E-state index is 14.4. The van der Waals surface area contributed by atoms with Crippen molar-refractivity contribution in [2.75, 3.05) is 19.0 Å². The van der Waals surface area contributed by atoms with Crippen molar-refractivity contribution in [2.24, 2.45) is 5.73 Å². The summed E-state index contributed by atoms with van der Waals surface area (Å²) in [5, 5.41) is 8.10. The minimum absolute atomic E-state index is 0.112. The van der Waals surface area contributed by atoms with E-state index in [1.165, 1.54) is 16.7 Å². The van der Waals surface area contributed by atoms with E-state index >= 15 is 0 Å². The lowest BCUT2D eigenvalue weighted by Crippen LogP contribution is -2.44. The van der Waals surface area contributed by atoms with E-state index in [-0.39, 0.29) is 43.0 Å². The van der Waals surface area contributed by atoms with Crippen molar-refractivity contribution in [3.8, 4) is 17.1 Å². The molecule has 1 aliphatic heterocycles. The molecule has 1 fully saturated rings. The molecular weight excluding hydrogens is 515 g/mol. The molecule has 1 aliphatic rings. The number of methoxy groups -OCH3 is 1. The van der Waals surface area contributed by atoms with Gasteiger partial charge in [-0.15, -0.1) is 0 Å². The van der Waals surface area contributed by atoms with E-state index in [0.717, 1.165) is 16.5 Å². The normalized spacial score (nSPS) is 17.1. The molecule has 0 saturated carbocycles. The molecule has 0 unspecified atom stereocenters. The van der Waals surface area contributed by atoms with Gasteiger partial charge >= 0.3 is 6.01 Å². The molecule has 3 N–H and O–H groups in total. The number of nitrogens with one attached hydrogen (secondary N) is 1. The largest absolute Gasteiger partial charge is 0.467 e. The smallest absolute Gasteiger partial charge is 0.316 e. The van der Waals surface area contributed by atoms with Gasteiger partial charge in [-0.2, -0.15) is 5.10 Å². The number of benzene rings is 1. The molecule has 11 nitrogen and oxygen atoms in total. The minimum Gasteiger partial charge on any atom is -0.467 e. The minimum atomic E-state index is -1.33. The molecule has 2 amide bonds. The molecule has 0 aliphatic carbocycles. The molecule has 0 radical (unpaired) electrons. The third-order valence-corrected chi connectivity index (χ3v) is 6.50. The van der Waals surface area contributed by atoms with Gasteiger partial charge in [-0.25, -0.2) is 19.3 Å². The zero-order valence-corrected chi connectivity index (χ0v) is 21.1. The van der Waals surface area contributed by atoms with Gasteiger partial charge < -0.3 is 20.7 Å². The third kappa shape index (κ3) is 5.13. The van der Waals surface area contributed by atoms with Gasteiger partial charge in [0.2, 0.25) is 11.8 Å². The SMILES string of the molecule is COc1ncc(-c2ccc3c(c2)c(CN)nn3CC(=O)N2C[C@H](F)C[C@H]2C(=O)Nc2cccc(Cl)n2)cn1. The van der Waals surface area contributed by atoms with Crippen molar-refractivity contribution in [3.63, 3.8) is 0 Å². The lowest BCUT2D eigenvalue weighted by molar-refractivity contribution is -0.137. The molecule has 13 heteroatoms. The quantitative estimate of drug-likeness (QED) is 0.342. The summed E-state index contributed by atoms with van der Waals surface area (Å²) in [7, 11) is 1.49. The standard InChI is InChI=1S/C25H24ClFN8O3/c1-38-25-29-10-15(11-30-25)14-5-6-19-17(7-14)18(9-28)33-35(19)13-23(36)34-12-16(27)8-20(34)24(37)32-22-4-2-3-21(26)31-22/h2-7,10-11,16,20H,8-9,12-13,28H2,1H3,(H,31,32,37)/t16-,20+/m1/s1. The van der Waals surface area contributed by atoms with Gasteiger partial charge in [-0.1, -0.05) is 23.7 Å². The van der Waals surface area contributed by atoms with Crippen LogP contribution in [0.3, 0.4) is 0 Å². The first-order valence-corrected chi connectivity index (χ1v) is 12.2. The Morgan fingerprint density at radius 3 is 2.71 bits per heavy atom. The number of aromatic nitrogens is 5. The van der Waals surface area contributed by atoms with Crippen LogP contribution in [-0.2, 0) is 22.7 Å². The molecule has 38 heavy (non-hydrogen) atoms. The Morgan fingerprint density at radius 1 is 1.21 bits per heavy atom. The van der Waals surface area contributed by atoms with Crippen LogP contribution in [0.1, 0.15) is 12.1 Å². The Kier molecular flexibility index (Phi) is 7.16. The highest BCUT2D eigenvalue weighted by Gasteiger charge is 2.40. The Hall–Kier alpha value is -4.16. The number of carbonyl (C=O) groups is 2. The predicted octanol–water partition coefficient (Wildman–Crippen LogP) is 2.59. The van der Waals surface area contributed by atoms with Crippen molar-refractivity contribution < 1.29 is 18.7 Å². The average molecular weight is 539 g/mol. The second-order valence-corrected chi connectivity index (χ2v) is 9.12. The molecule has 1 aromatic carbocycles.